The summed E-state index contributed by atoms with van der Waals surface area (Å²) in [4.78, 5) is 2.17. The lowest BCUT2D eigenvalue weighted by Gasteiger charge is -2.39. The molecule has 27 heavy (non-hydrogen) atoms. The molecule has 9 heteroatoms. The molecule has 1 N–H and O–H groups in total. The molecule has 1 fully saturated rings. The van der Waals surface area contributed by atoms with E-state index in [2.05, 4.69) is 14.6 Å². The molecule has 1 aromatic heterocycles. The van der Waals surface area contributed by atoms with Crippen molar-refractivity contribution in [3.05, 3.63) is 46.1 Å². The van der Waals surface area contributed by atoms with Crippen molar-refractivity contribution in [1.29, 1.82) is 5.26 Å². The number of hydrogen-bond acceptors (Lipinski definition) is 5. The van der Waals surface area contributed by atoms with Crippen molar-refractivity contribution in [1.82, 2.24) is 9.27 Å². The number of piperidine rings is 1. The monoisotopic (exact) mass is 414 g/mol. The van der Waals surface area contributed by atoms with Crippen molar-refractivity contribution in [2.24, 2.45) is 5.92 Å². The predicted octanol–water partition coefficient (Wildman–Crippen LogP) is 5.18. The lowest BCUT2D eigenvalue weighted by Crippen LogP contribution is -2.39. The Balaban J connectivity index is 1.78. The van der Waals surface area contributed by atoms with Gasteiger partial charge >= 0.3 is 6.18 Å². The minimum atomic E-state index is -4.34. The zero-order valence-corrected chi connectivity index (χ0v) is 16.1. The number of halogens is 4. The van der Waals surface area contributed by atoms with Gasteiger partial charge in [-0.25, -0.2) is 0 Å². The first-order valence-corrected chi connectivity index (χ1v) is 9.63. The van der Waals surface area contributed by atoms with Gasteiger partial charge in [0.15, 0.2) is 5.15 Å². The summed E-state index contributed by atoms with van der Waals surface area (Å²) in [6, 6.07) is 7.44. The smallest absolute Gasteiger partial charge is 0.374 e. The van der Waals surface area contributed by atoms with Crippen LogP contribution in [0.4, 0.5) is 18.2 Å². The van der Waals surface area contributed by atoms with Crippen LogP contribution in [0, 0.1) is 17.2 Å². The first-order valence-electron chi connectivity index (χ1n) is 8.47. The lowest BCUT2D eigenvalue weighted by atomic mass is 9.84. The van der Waals surface area contributed by atoms with E-state index in [4.69, 9.17) is 11.6 Å². The van der Waals surface area contributed by atoms with E-state index in [9.17, 15) is 18.4 Å². The topological polar surface area (TPSA) is 52.0 Å². The highest BCUT2D eigenvalue weighted by Crippen LogP contribution is 2.37. The van der Waals surface area contributed by atoms with Crippen LogP contribution in [0.1, 0.15) is 35.6 Å². The molecule has 2 atom stereocenters. The van der Waals surface area contributed by atoms with E-state index >= 15 is 0 Å². The van der Waals surface area contributed by atoms with Crippen LogP contribution in [-0.2, 0) is 6.18 Å². The van der Waals surface area contributed by atoms with Crippen molar-refractivity contribution in [2.45, 2.75) is 25.1 Å². The van der Waals surface area contributed by atoms with Gasteiger partial charge in [-0.3, -0.25) is 4.90 Å². The fourth-order valence-corrected chi connectivity index (χ4v) is 4.52. The Labute approximate surface area is 164 Å². The number of aromatic nitrogens is 1. The van der Waals surface area contributed by atoms with Crippen molar-refractivity contribution in [2.75, 3.05) is 25.5 Å². The summed E-state index contributed by atoms with van der Waals surface area (Å²) in [5.41, 5.74) is 0.550. The summed E-state index contributed by atoms with van der Waals surface area (Å²) < 4.78 is 42.5. The van der Waals surface area contributed by atoms with Gasteiger partial charge in [0.1, 0.15) is 16.6 Å². The normalized spacial score (nSPS) is 21.0. The predicted molar refractivity (Wildman–Crippen MR) is 99.9 cm³/mol. The maximum Gasteiger partial charge on any atom is 0.416 e. The number of anilines is 1. The van der Waals surface area contributed by atoms with Gasteiger partial charge in [0.2, 0.25) is 0 Å². The minimum Gasteiger partial charge on any atom is -0.374 e. The third-order valence-corrected chi connectivity index (χ3v) is 6.05. The zero-order chi connectivity index (χ0) is 19.6. The Morgan fingerprint density at radius 3 is 2.70 bits per heavy atom. The van der Waals surface area contributed by atoms with Gasteiger partial charge in [0.25, 0.3) is 0 Å². The molecule has 0 bridgehead atoms. The van der Waals surface area contributed by atoms with Crippen LogP contribution in [-0.4, -0.2) is 29.4 Å². The lowest BCUT2D eigenvalue weighted by molar-refractivity contribution is -0.137. The van der Waals surface area contributed by atoms with E-state index in [1.54, 1.807) is 12.1 Å². The summed E-state index contributed by atoms with van der Waals surface area (Å²) in [6.45, 7) is 1.47. The fraction of sp³-hybridized carbons (Fsp3) is 0.444. The van der Waals surface area contributed by atoms with Gasteiger partial charge in [-0.15, -0.1) is 0 Å². The van der Waals surface area contributed by atoms with Gasteiger partial charge < -0.3 is 5.32 Å². The second-order valence-corrected chi connectivity index (χ2v) is 7.75. The van der Waals surface area contributed by atoms with Crippen LogP contribution in [0.15, 0.2) is 24.3 Å². The van der Waals surface area contributed by atoms with Crippen molar-refractivity contribution >= 4 is 28.1 Å². The number of alkyl halides is 3. The highest BCUT2D eigenvalue weighted by molar-refractivity contribution is 7.10. The summed E-state index contributed by atoms with van der Waals surface area (Å²) in [6.07, 6.45) is -2.39. The first kappa shape index (κ1) is 19.9. The van der Waals surface area contributed by atoms with Crippen molar-refractivity contribution in [3.63, 3.8) is 0 Å². The largest absolute Gasteiger partial charge is 0.416 e. The Hall–Kier alpha value is -1.82. The van der Waals surface area contributed by atoms with E-state index in [0.717, 1.165) is 48.6 Å². The Bertz CT molecular complexity index is 829. The molecule has 2 aromatic rings. The number of benzene rings is 1. The molecule has 144 valence electrons. The van der Waals surface area contributed by atoms with E-state index < -0.39 is 11.7 Å². The van der Waals surface area contributed by atoms with Crippen LogP contribution >= 0.6 is 23.1 Å². The van der Waals surface area contributed by atoms with Gasteiger partial charge in [0, 0.05) is 12.6 Å². The second-order valence-electron chi connectivity index (χ2n) is 6.62. The average molecular weight is 415 g/mol. The number of nitriles is 1. The zero-order valence-electron chi connectivity index (χ0n) is 14.6. The number of rotatable bonds is 4. The Morgan fingerprint density at radius 2 is 2.07 bits per heavy atom. The number of likely N-dealkylation sites (tertiary alicyclic amines) is 1. The van der Waals surface area contributed by atoms with Crippen molar-refractivity contribution < 1.29 is 13.2 Å². The van der Waals surface area contributed by atoms with E-state index in [0.29, 0.717) is 17.1 Å². The molecule has 1 aliphatic rings. The molecule has 4 nitrogen and oxygen atoms in total. The minimum absolute atomic E-state index is 0.00228. The second kappa shape index (κ2) is 8.05. The molecule has 3 rings (SSSR count). The van der Waals surface area contributed by atoms with E-state index in [-0.39, 0.29) is 17.1 Å². The molecule has 2 heterocycles. The summed E-state index contributed by atoms with van der Waals surface area (Å²) in [7, 11) is 1.98. The van der Waals surface area contributed by atoms with Crippen LogP contribution in [0.2, 0.25) is 5.15 Å². The molecule has 0 saturated carbocycles. The third kappa shape index (κ3) is 4.37. The fourth-order valence-electron chi connectivity index (χ4n) is 3.58. The molecule has 0 radical (unpaired) electrons. The van der Waals surface area contributed by atoms with E-state index in [1.165, 1.54) is 0 Å². The van der Waals surface area contributed by atoms with Crippen LogP contribution < -0.4 is 5.32 Å². The van der Waals surface area contributed by atoms with E-state index in [1.807, 2.05) is 13.1 Å². The van der Waals surface area contributed by atoms with Crippen LogP contribution in [0.3, 0.4) is 0 Å². The quantitative estimate of drug-likeness (QED) is 0.748. The summed E-state index contributed by atoms with van der Waals surface area (Å²) in [5.74, 6) is 0.188. The molecule has 1 aromatic carbocycles. The Kier molecular flexibility index (Phi) is 5.94. The molecule has 1 aliphatic heterocycles. The van der Waals surface area contributed by atoms with Gasteiger partial charge in [-0.1, -0.05) is 23.7 Å². The molecule has 0 spiro atoms. The molecule has 0 amide bonds. The third-order valence-electron chi connectivity index (χ3n) is 4.87. The number of hydrogen-bond donors (Lipinski definition) is 1. The van der Waals surface area contributed by atoms with Gasteiger partial charge in [0.05, 0.1) is 5.56 Å². The summed E-state index contributed by atoms with van der Waals surface area (Å²) >= 11 is 7.04. The molecule has 2 unspecified atom stereocenters. The molecule has 0 aliphatic carbocycles. The number of nitrogens with zero attached hydrogens (tertiary/aromatic N) is 3. The average Bonchev–Trinajstić information content (AvgIpc) is 2.99. The van der Waals surface area contributed by atoms with Gasteiger partial charge in [-0.2, -0.15) is 22.8 Å². The SMILES string of the molecule is CN1CCCC(CNc2snc(Cl)c2C#N)C1c1ccc(C(F)(F)F)cc1. The first-order chi connectivity index (χ1) is 12.8. The molecule has 1 saturated heterocycles. The molecular weight excluding hydrogens is 397 g/mol. The van der Waals surface area contributed by atoms with Crippen molar-refractivity contribution in [3.8, 4) is 6.07 Å². The molecular formula is C18H18ClF3N4S. The highest BCUT2D eigenvalue weighted by atomic mass is 35.5. The highest BCUT2D eigenvalue weighted by Gasteiger charge is 2.33. The standard InChI is InChI=1S/C18H18ClF3N4S/c1-26-8-2-3-12(10-24-17-14(9-23)16(19)25-27-17)15(26)11-4-6-13(7-5-11)18(20,21)22/h4-7,12,15,24H,2-3,8,10H2,1H3. The van der Waals surface area contributed by atoms with Crippen LogP contribution in [0.25, 0.3) is 0 Å². The Morgan fingerprint density at radius 1 is 1.37 bits per heavy atom. The summed E-state index contributed by atoms with van der Waals surface area (Å²) in [5, 5.41) is 13.2. The van der Waals surface area contributed by atoms with Crippen LogP contribution in [0.5, 0.6) is 0 Å². The maximum absolute atomic E-state index is 12.8. The number of nitrogens with one attached hydrogen (secondary N) is 1. The van der Waals surface area contributed by atoms with Gasteiger partial charge in [-0.05, 0) is 61.6 Å². The maximum atomic E-state index is 12.8.